The zero-order valence-electron chi connectivity index (χ0n) is 8.90. The van der Waals surface area contributed by atoms with E-state index >= 15 is 0 Å². The fourth-order valence-corrected chi connectivity index (χ4v) is 1.57. The predicted molar refractivity (Wildman–Crippen MR) is 53.7 cm³/mol. The van der Waals surface area contributed by atoms with E-state index in [9.17, 15) is 13.2 Å². The van der Waals surface area contributed by atoms with E-state index in [0.29, 0.717) is 12.1 Å². The zero-order chi connectivity index (χ0) is 11.3. The van der Waals surface area contributed by atoms with Crippen molar-refractivity contribution in [3.8, 4) is 0 Å². The second-order valence-corrected chi connectivity index (χ2v) is 3.89. The Kier molecular flexibility index (Phi) is 4.60. The first-order valence-corrected chi connectivity index (χ1v) is 5.13. The second-order valence-electron chi connectivity index (χ2n) is 3.89. The van der Waals surface area contributed by atoms with E-state index in [-0.39, 0.29) is 0 Å². The Labute approximate surface area is 88.1 Å². The molecule has 0 unspecified atom stereocenters. The third kappa shape index (κ3) is 5.79. The van der Waals surface area contributed by atoms with Gasteiger partial charge < -0.3 is 5.32 Å². The smallest absolute Gasteiger partial charge is 0.314 e. The lowest BCUT2D eigenvalue weighted by Crippen LogP contribution is -2.43. The first kappa shape index (κ1) is 12.5. The SMILES string of the molecule is CC(=CCN1CCNCC1)CC(F)(F)F. The normalized spacial score (nSPS) is 20.7. The molecular weight excluding hydrogens is 205 g/mol. The topological polar surface area (TPSA) is 15.3 Å². The van der Waals surface area contributed by atoms with E-state index in [2.05, 4.69) is 10.2 Å². The van der Waals surface area contributed by atoms with Gasteiger partial charge in [0.25, 0.3) is 0 Å². The maximum atomic E-state index is 12.0. The highest BCUT2D eigenvalue weighted by atomic mass is 19.4. The summed E-state index contributed by atoms with van der Waals surface area (Å²) < 4.78 is 36.0. The third-order valence-electron chi connectivity index (χ3n) is 2.39. The van der Waals surface area contributed by atoms with Crippen molar-refractivity contribution in [3.63, 3.8) is 0 Å². The number of hydrogen-bond donors (Lipinski definition) is 1. The summed E-state index contributed by atoms with van der Waals surface area (Å²) in [5.74, 6) is 0. The van der Waals surface area contributed by atoms with Crippen LogP contribution in [0.5, 0.6) is 0 Å². The molecule has 5 heteroatoms. The molecule has 0 aliphatic carbocycles. The Bertz CT molecular complexity index is 217. The molecule has 1 heterocycles. The number of nitrogens with one attached hydrogen (secondary N) is 1. The lowest BCUT2D eigenvalue weighted by molar-refractivity contribution is -0.127. The van der Waals surface area contributed by atoms with Gasteiger partial charge in [-0.15, -0.1) is 0 Å². The van der Waals surface area contributed by atoms with Gasteiger partial charge in [-0.3, -0.25) is 4.90 Å². The van der Waals surface area contributed by atoms with Crippen molar-refractivity contribution in [2.45, 2.75) is 19.5 Å². The fourth-order valence-electron chi connectivity index (χ4n) is 1.57. The summed E-state index contributed by atoms with van der Waals surface area (Å²) in [5, 5.41) is 3.20. The highest BCUT2D eigenvalue weighted by Gasteiger charge is 2.27. The van der Waals surface area contributed by atoms with Gasteiger partial charge in [0, 0.05) is 32.7 Å². The minimum absolute atomic E-state index is 0.404. The van der Waals surface area contributed by atoms with Crippen LogP contribution < -0.4 is 5.32 Å². The monoisotopic (exact) mass is 222 g/mol. The summed E-state index contributed by atoms with van der Waals surface area (Å²) in [4.78, 5) is 2.15. The van der Waals surface area contributed by atoms with Gasteiger partial charge in [-0.05, 0) is 6.92 Å². The average Bonchev–Trinajstić information content (AvgIpc) is 2.14. The van der Waals surface area contributed by atoms with Gasteiger partial charge in [0.1, 0.15) is 0 Å². The number of rotatable bonds is 3. The molecule has 0 saturated carbocycles. The molecule has 0 aromatic rings. The summed E-state index contributed by atoms with van der Waals surface area (Å²) in [7, 11) is 0. The minimum atomic E-state index is -4.08. The maximum absolute atomic E-state index is 12.0. The number of hydrogen-bond acceptors (Lipinski definition) is 2. The van der Waals surface area contributed by atoms with Crippen LogP contribution in [-0.2, 0) is 0 Å². The number of alkyl halides is 3. The predicted octanol–water partition coefficient (Wildman–Crippen LogP) is 1.79. The molecule has 1 aliphatic heterocycles. The molecule has 0 amide bonds. The number of nitrogens with zero attached hydrogens (tertiary/aromatic N) is 1. The molecule has 1 saturated heterocycles. The summed E-state index contributed by atoms with van der Waals surface area (Å²) in [5.41, 5.74) is 0.404. The van der Waals surface area contributed by atoms with E-state index in [1.54, 1.807) is 6.08 Å². The summed E-state index contributed by atoms with van der Waals surface area (Å²) in [6.45, 7) is 5.84. The van der Waals surface area contributed by atoms with E-state index < -0.39 is 12.6 Å². The van der Waals surface area contributed by atoms with Crippen LogP contribution in [-0.4, -0.2) is 43.8 Å². The largest absolute Gasteiger partial charge is 0.392 e. The van der Waals surface area contributed by atoms with Crippen molar-refractivity contribution in [2.24, 2.45) is 0 Å². The lowest BCUT2D eigenvalue weighted by Gasteiger charge is -2.26. The van der Waals surface area contributed by atoms with Crippen LogP contribution in [0.3, 0.4) is 0 Å². The molecule has 0 atom stereocenters. The molecule has 0 radical (unpaired) electrons. The fraction of sp³-hybridized carbons (Fsp3) is 0.800. The molecule has 0 bridgehead atoms. The molecule has 1 rings (SSSR count). The molecule has 15 heavy (non-hydrogen) atoms. The molecule has 1 aliphatic rings. The molecule has 0 spiro atoms. The summed E-state index contributed by atoms with van der Waals surface area (Å²) >= 11 is 0. The third-order valence-corrected chi connectivity index (χ3v) is 2.39. The molecule has 1 fully saturated rings. The summed E-state index contributed by atoms with van der Waals surface area (Å²) in [6, 6.07) is 0. The van der Waals surface area contributed by atoms with E-state index in [0.717, 1.165) is 26.2 Å². The van der Waals surface area contributed by atoms with Gasteiger partial charge in [0.15, 0.2) is 0 Å². The molecule has 1 N–H and O–H groups in total. The van der Waals surface area contributed by atoms with Gasteiger partial charge in [0.2, 0.25) is 0 Å². The highest BCUT2D eigenvalue weighted by Crippen LogP contribution is 2.23. The minimum Gasteiger partial charge on any atom is -0.314 e. The Hall–Kier alpha value is -0.550. The zero-order valence-corrected chi connectivity index (χ0v) is 8.90. The molecule has 88 valence electrons. The molecule has 0 aromatic carbocycles. The average molecular weight is 222 g/mol. The van der Waals surface area contributed by atoms with Crippen molar-refractivity contribution >= 4 is 0 Å². The van der Waals surface area contributed by atoms with Crippen molar-refractivity contribution in [1.29, 1.82) is 0 Å². The molecular formula is C10H17F3N2. The van der Waals surface area contributed by atoms with E-state index in [1.165, 1.54) is 6.92 Å². The van der Waals surface area contributed by atoms with Crippen molar-refractivity contribution < 1.29 is 13.2 Å². The van der Waals surface area contributed by atoms with Crippen molar-refractivity contribution in [3.05, 3.63) is 11.6 Å². The van der Waals surface area contributed by atoms with E-state index in [4.69, 9.17) is 0 Å². The van der Waals surface area contributed by atoms with Crippen LogP contribution in [0, 0.1) is 0 Å². The first-order chi connectivity index (χ1) is 6.97. The summed E-state index contributed by atoms with van der Waals surface area (Å²) in [6.07, 6.45) is -3.19. The van der Waals surface area contributed by atoms with Crippen molar-refractivity contribution in [1.82, 2.24) is 10.2 Å². The Balaban J connectivity index is 2.29. The standard InChI is InChI=1S/C10H17F3N2/c1-9(8-10(11,12)13)2-5-15-6-3-14-4-7-15/h2,14H,3-8H2,1H3. The molecule has 0 aromatic heterocycles. The second kappa shape index (κ2) is 5.51. The first-order valence-electron chi connectivity index (χ1n) is 5.13. The quantitative estimate of drug-likeness (QED) is 0.732. The van der Waals surface area contributed by atoms with Crippen LogP contribution in [0.15, 0.2) is 11.6 Å². The van der Waals surface area contributed by atoms with Crippen LogP contribution in [0.2, 0.25) is 0 Å². The van der Waals surface area contributed by atoms with E-state index in [1.807, 2.05) is 0 Å². The number of halogens is 3. The van der Waals surface area contributed by atoms with Crippen LogP contribution in [0.4, 0.5) is 13.2 Å². The number of piperazine rings is 1. The van der Waals surface area contributed by atoms with Crippen LogP contribution in [0.1, 0.15) is 13.3 Å². The lowest BCUT2D eigenvalue weighted by atomic mass is 10.2. The van der Waals surface area contributed by atoms with Crippen LogP contribution >= 0.6 is 0 Å². The van der Waals surface area contributed by atoms with Crippen molar-refractivity contribution in [2.75, 3.05) is 32.7 Å². The van der Waals surface area contributed by atoms with Gasteiger partial charge in [0.05, 0.1) is 6.42 Å². The Morgan fingerprint density at radius 2 is 1.93 bits per heavy atom. The van der Waals surface area contributed by atoms with Gasteiger partial charge in [-0.25, -0.2) is 0 Å². The Morgan fingerprint density at radius 1 is 1.33 bits per heavy atom. The Morgan fingerprint density at radius 3 is 2.47 bits per heavy atom. The number of allylic oxidation sites excluding steroid dienone is 1. The van der Waals surface area contributed by atoms with Gasteiger partial charge in [-0.2, -0.15) is 13.2 Å². The highest BCUT2D eigenvalue weighted by molar-refractivity contribution is 5.01. The van der Waals surface area contributed by atoms with Gasteiger partial charge in [-0.1, -0.05) is 11.6 Å². The molecule has 2 nitrogen and oxygen atoms in total. The van der Waals surface area contributed by atoms with Gasteiger partial charge >= 0.3 is 6.18 Å². The maximum Gasteiger partial charge on any atom is 0.392 e. The van der Waals surface area contributed by atoms with Crippen LogP contribution in [0.25, 0.3) is 0 Å².